The van der Waals surface area contributed by atoms with Gasteiger partial charge in [-0.1, -0.05) is 12.1 Å². The largest absolute Gasteiger partial charge is 0.396 e. The molecule has 0 aromatic heterocycles. The standard InChI is InChI=1S/C13H21NO2S/c1-16-8-6-14-11-12-4-2-5-13(10-12)17-9-3-7-15/h2,4-5,10,14-15H,3,6-9,11H2,1H3. The van der Waals surface area contributed by atoms with Crippen molar-refractivity contribution in [2.24, 2.45) is 0 Å². The number of aliphatic hydroxyl groups excluding tert-OH is 1. The molecular formula is C13H21NO2S. The predicted molar refractivity (Wildman–Crippen MR) is 72.5 cm³/mol. The molecule has 0 heterocycles. The van der Waals surface area contributed by atoms with Gasteiger partial charge in [-0.15, -0.1) is 11.8 Å². The van der Waals surface area contributed by atoms with Crippen LogP contribution in [0.5, 0.6) is 0 Å². The van der Waals surface area contributed by atoms with Gasteiger partial charge >= 0.3 is 0 Å². The van der Waals surface area contributed by atoms with E-state index in [4.69, 9.17) is 9.84 Å². The summed E-state index contributed by atoms with van der Waals surface area (Å²) in [4.78, 5) is 1.27. The Hall–Kier alpha value is -0.550. The highest BCUT2D eigenvalue weighted by molar-refractivity contribution is 7.99. The summed E-state index contributed by atoms with van der Waals surface area (Å²) in [5.74, 6) is 0.969. The molecule has 0 aliphatic carbocycles. The zero-order valence-electron chi connectivity index (χ0n) is 10.3. The highest BCUT2D eigenvalue weighted by Gasteiger charge is 1.97. The smallest absolute Gasteiger partial charge is 0.0587 e. The maximum absolute atomic E-state index is 8.73. The summed E-state index contributed by atoms with van der Waals surface area (Å²) in [5.41, 5.74) is 1.29. The lowest BCUT2D eigenvalue weighted by atomic mass is 10.2. The lowest BCUT2D eigenvalue weighted by Gasteiger charge is -2.06. The zero-order chi connectivity index (χ0) is 12.3. The molecule has 0 saturated heterocycles. The summed E-state index contributed by atoms with van der Waals surface area (Å²) in [6, 6.07) is 8.51. The van der Waals surface area contributed by atoms with Crippen LogP contribution in [0, 0.1) is 0 Å². The van der Waals surface area contributed by atoms with Crippen molar-refractivity contribution in [1.29, 1.82) is 0 Å². The lowest BCUT2D eigenvalue weighted by molar-refractivity contribution is 0.199. The third kappa shape index (κ3) is 6.68. The highest BCUT2D eigenvalue weighted by atomic mass is 32.2. The van der Waals surface area contributed by atoms with Crippen LogP contribution in [0.15, 0.2) is 29.2 Å². The molecule has 1 aromatic rings. The molecule has 96 valence electrons. The van der Waals surface area contributed by atoms with Gasteiger partial charge in [0, 0.05) is 37.5 Å². The molecule has 0 fully saturated rings. The fraction of sp³-hybridized carbons (Fsp3) is 0.538. The molecule has 0 bridgehead atoms. The normalized spacial score (nSPS) is 10.7. The van der Waals surface area contributed by atoms with Gasteiger partial charge in [-0.2, -0.15) is 0 Å². The number of rotatable bonds is 9. The first-order chi connectivity index (χ1) is 8.36. The van der Waals surface area contributed by atoms with Crippen molar-refractivity contribution in [1.82, 2.24) is 5.32 Å². The number of methoxy groups -OCH3 is 1. The summed E-state index contributed by atoms with van der Waals surface area (Å²) in [5, 5.41) is 12.1. The third-order valence-corrected chi connectivity index (χ3v) is 3.36. The van der Waals surface area contributed by atoms with E-state index < -0.39 is 0 Å². The number of aliphatic hydroxyl groups is 1. The number of thioether (sulfide) groups is 1. The van der Waals surface area contributed by atoms with Crippen molar-refractivity contribution < 1.29 is 9.84 Å². The monoisotopic (exact) mass is 255 g/mol. The van der Waals surface area contributed by atoms with Crippen molar-refractivity contribution in [3.05, 3.63) is 29.8 Å². The van der Waals surface area contributed by atoms with Crippen LogP contribution < -0.4 is 5.32 Å². The topological polar surface area (TPSA) is 41.5 Å². The minimum Gasteiger partial charge on any atom is -0.396 e. The molecule has 0 atom stereocenters. The van der Waals surface area contributed by atoms with Crippen LogP contribution in [0.3, 0.4) is 0 Å². The van der Waals surface area contributed by atoms with E-state index in [1.54, 1.807) is 18.9 Å². The fourth-order valence-electron chi connectivity index (χ4n) is 1.41. The Morgan fingerprint density at radius 3 is 3.06 bits per heavy atom. The van der Waals surface area contributed by atoms with Crippen LogP contribution in [0.2, 0.25) is 0 Å². The summed E-state index contributed by atoms with van der Waals surface area (Å²) in [7, 11) is 1.71. The Balaban J connectivity index is 2.31. The van der Waals surface area contributed by atoms with Crippen LogP contribution in [0.4, 0.5) is 0 Å². The number of benzene rings is 1. The summed E-state index contributed by atoms with van der Waals surface area (Å²) in [6.07, 6.45) is 0.848. The molecule has 0 amide bonds. The first-order valence-electron chi connectivity index (χ1n) is 5.89. The first-order valence-corrected chi connectivity index (χ1v) is 6.87. The van der Waals surface area contributed by atoms with Crippen molar-refractivity contribution in [3.8, 4) is 0 Å². The summed E-state index contributed by atoms with van der Waals surface area (Å²) >= 11 is 1.79. The second-order valence-corrected chi connectivity index (χ2v) is 4.91. The van der Waals surface area contributed by atoms with E-state index in [9.17, 15) is 0 Å². The third-order valence-electron chi connectivity index (χ3n) is 2.28. The second kappa shape index (κ2) is 9.48. The van der Waals surface area contributed by atoms with E-state index in [1.807, 2.05) is 0 Å². The van der Waals surface area contributed by atoms with E-state index >= 15 is 0 Å². The van der Waals surface area contributed by atoms with Gasteiger partial charge in [0.05, 0.1) is 6.61 Å². The molecule has 1 aromatic carbocycles. The number of hydrogen-bond acceptors (Lipinski definition) is 4. The molecule has 0 saturated carbocycles. The summed E-state index contributed by atoms with van der Waals surface area (Å²) in [6.45, 7) is 2.76. The Morgan fingerprint density at radius 1 is 1.41 bits per heavy atom. The zero-order valence-corrected chi connectivity index (χ0v) is 11.1. The van der Waals surface area contributed by atoms with E-state index in [0.717, 1.165) is 31.9 Å². The minimum absolute atomic E-state index is 0.269. The van der Waals surface area contributed by atoms with Gasteiger partial charge in [-0.25, -0.2) is 0 Å². The number of nitrogens with one attached hydrogen (secondary N) is 1. The Labute approximate surface area is 108 Å². The molecular weight excluding hydrogens is 234 g/mol. The summed E-state index contributed by atoms with van der Waals surface area (Å²) < 4.78 is 4.98. The lowest BCUT2D eigenvalue weighted by Crippen LogP contribution is -2.18. The van der Waals surface area contributed by atoms with Crippen molar-refractivity contribution in [3.63, 3.8) is 0 Å². The molecule has 17 heavy (non-hydrogen) atoms. The van der Waals surface area contributed by atoms with Crippen molar-refractivity contribution in [2.75, 3.05) is 32.6 Å². The molecule has 3 nitrogen and oxygen atoms in total. The van der Waals surface area contributed by atoms with Crippen molar-refractivity contribution >= 4 is 11.8 Å². The fourth-order valence-corrected chi connectivity index (χ4v) is 2.33. The SMILES string of the molecule is COCCNCc1cccc(SCCCO)c1. The molecule has 2 N–H and O–H groups in total. The molecule has 0 unspecified atom stereocenters. The van der Waals surface area contributed by atoms with Gasteiger partial charge in [0.25, 0.3) is 0 Å². The van der Waals surface area contributed by atoms with E-state index in [-0.39, 0.29) is 6.61 Å². The maximum atomic E-state index is 8.73. The number of hydrogen-bond donors (Lipinski definition) is 2. The van der Waals surface area contributed by atoms with Gasteiger partial charge in [0.15, 0.2) is 0 Å². The minimum atomic E-state index is 0.269. The number of ether oxygens (including phenoxy) is 1. The Kier molecular flexibility index (Phi) is 8.09. The molecule has 0 aliphatic heterocycles. The van der Waals surface area contributed by atoms with E-state index in [1.165, 1.54) is 10.5 Å². The van der Waals surface area contributed by atoms with E-state index in [2.05, 4.69) is 29.6 Å². The molecule has 0 aliphatic rings. The Morgan fingerprint density at radius 2 is 2.29 bits per heavy atom. The molecule has 4 heteroatoms. The Bertz CT molecular complexity index is 307. The predicted octanol–water partition coefficient (Wildman–Crippen LogP) is 1.90. The average Bonchev–Trinajstić information content (AvgIpc) is 2.36. The van der Waals surface area contributed by atoms with Crippen LogP contribution >= 0.6 is 11.8 Å². The average molecular weight is 255 g/mol. The van der Waals surface area contributed by atoms with Crippen LogP contribution in [0.25, 0.3) is 0 Å². The molecule has 0 radical (unpaired) electrons. The molecule has 1 rings (SSSR count). The first kappa shape index (κ1) is 14.5. The van der Waals surface area contributed by atoms with Gasteiger partial charge in [0.2, 0.25) is 0 Å². The van der Waals surface area contributed by atoms with Crippen LogP contribution in [-0.2, 0) is 11.3 Å². The van der Waals surface area contributed by atoms with Crippen LogP contribution in [-0.4, -0.2) is 37.7 Å². The maximum Gasteiger partial charge on any atom is 0.0587 e. The van der Waals surface area contributed by atoms with E-state index in [0.29, 0.717) is 0 Å². The highest BCUT2D eigenvalue weighted by Crippen LogP contribution is 2.19. The quantitative estimate of drug-likeness (QED) is 0.522. The van der Waals surface area contributed by atoms with Gasteiger partial charge < -0.3 is 15.2 Å². The molecule has 0 spiro atoms. The second-order valence-electron chi connectivity index (χ2n) is 3.74. The van der Waals surface area contributed by atoms with Gasteiger partial charge in [0.1, 0.15) is 0 Å². The van der Waals surface area contributed by atoms with Crippen LogP contribution in [0.1, 0.15) is 12.0 Å². The van der Waals surface area contributed by atoms with Gasteiger partial charge in [-0.05, 0) is 24.1 Å². The van der Waals surface area contributed by atoms with Crippen molar-refractivity contribution in [2.45, 2.75) is 17.9 Å². The van der Waals surface area contributed by atoms with Gasteiger partial charge in [-0.3, -0.25) is 0 Å².